The first-order chi connectivity index (χ1) is 31.0. The molecular weight excluding hydrogens is 859 g/mol. The number of benzene rings is 3. The number of likely N-dealkylation sites (tertiary alicyclic amines) is 2. The second-order valence-corrected chi connectivity index (χ2v) is 21.2. The Labute approximate surface area is 374 Å². The van der Waals surface area contributed by atoms with E-state index in [1.54, 1.807) is 34.2 Å². The Kier molecular flexibility index (Phi) is 10.2. The maximum Gasteiger partial charge on any atom is 0.407 e. The minimum absolute atomic E-state index is 0.00243. The van der Waals surface area contributed by atoms with E-state index in [9.17, 15) is 27.6 Å². The minimum Gasteiger partial charge on any atom is -0.453 e. The second-order valence-electron chi connectivity index (χ2n) is 19.0. The number of ether oxygens (including phenoxy) is 1. The smallest absolute Gasteiger partial charge is 0.407 e. The Morgan fingerprint density at radius 2 is 1.65 bits per heavy atom. The van der Waals surface area contributed by atoms with Crippen LogP contribution < -0.4 is 10.6 Å². The molecule has 18 heteroatoms. The van der Waals surface area contributed by atoms with Gasteiger partial charge in [-0.15, -0.1) is 0 Å². The number of H-pyrrole nitrogens is 2. The molecule has 2 saturated heterocycles. The lowest BCUT2D eigenvalue weighted by molar-refractivity contribution is -0.138. The topological polar surface area (TPSA) is 200 Å². The number of sulfone groups is 1. The number of carbonyl (C=O) groups is 4. The number of piperidine rings is 1. The molecule has 4 amide bonds. The minimum atomic E-state index is -3.59. The van der Waals surface area contributed by atoms with Crippen molar-refractivity contribution in [2.75, 3.05) is 25.7 Å². The Morgan fingerprint density at radius 1 is 0.954 bits per heavy atom. The van der Waals surface area contributed by atoms with Crippen molar-refractivity contribution in [1.29, 1.82) is 0 Å². The van der Waals surface area contributed by atoms with Crippen LogP contribution in [-0.4, -0.2) is 106 Å². The van der Waals surface area contributed by atoms with E-state index in [0.717, 1.165) is 38.4 Å². The van der Waals surface area contributed by atoms with Crippen molar-refractivity contribution < 1.29 is 41.1 Å². The molecule has 0 radical (unpaired) electrons. The molecule has 2 aromatic heterocycles. The Morgan fingerprint density at radius 3 is 2.32 bits per heavy atom. The first kappa shape index (κ1) is 42.8. The molecule has 3 aliphatic carbocycles. The highest BCUT2D eigenvalue weighted by Crippen LogP contribution is 2.59. The summed E-state index contributed by atoms with van der Waals surface area (Å²) in [5.74, 6) is -3.51. The van der Waals surface area contributed by atoms with Gasteiger partial charge >= 0.3 is 6.09 Å². The number of hydrogen-bond acceptors (Lipinski definition) is 9. The van der Waals surface area contributed by atoms with E-state index < -0.39 is 51.6 Å². The van der Waals surface area contributed by atoms with E-state index >= 15 is 8.78 Å². The van der Waals surface area contributed by atoms with Crippen molar-refractivity contribution in [3.63, 3.8) is 0 Å². The number of alkyl halides is 2. The molecule has 4 N–H and O–H groups in total. The summed E-state index contributed by atoms with van der Waals surface area (Å²) >= 11 is 0. The molecule has 15 nitrogen and oxygen atoms in total. The van der Waals surface area contributed by atoms with Gasteiger partial charge in [0, 0.05) is 35.5 Å². The van der Waals surface area contributed by atoms with Crippen molar-refractivity contribution >= 4 is 45.2 Å². The Bertz CT molecular complexity index is 2890. The molecule has 340 valence electrons. The normalized spacial score (nSPS) is 23.1. The van der Waals surface area contributed by atoms with E-state index in [1.165, 1.54) is 19.2 Å². The predicted molar refractivity (Wildman–Crippen MR) is 236 cm³/mol. The average molecular weight is 909 g/mol. The third kappa shape index (κ3) is 7.42. The zero-order chi connectivity index (χ0) is 45.7. The fraction of sp³-hybridized carbons (Fsp3) is 0.447. The summed E-state index contributed by atoms with van der Waals surface area (Å²) in [6.07, 6.45) is 7.37. The van der Waals surface area contributed by atoms with Crippen LogP contribution in [0.25, 0.3) is 44.5 Å². The number of rotatable bonds is 12. The average Bonchev–Trinajstić information content (AvgIpc) is 3.93. The van der Waals surface area contributed by atoms with Gasteiger partial charge in [0.05, 0.1) is 47.9 Å². The molecule has 65 heavy (non-hydrogen) atoms. The number of halogens is 2. The number of imidazole rings is 2. The summed E-state index contributed by atoms with van der Waals surface area (Å²) in [5, 5.41) is 5.10. The van der Waals surface area contributed by atoms with Crippen molar-refractivity contribution in [3.05, 3.63) is 83.6 Å². The molecule has 2 bridgehead atoms. The largest absolute Gasteiger partial charge is 0.453 e. The molecule has 4 heterocycles. The third-order valence-electron chi connectivity index (χ3n) is 14.4. The molecule has 5 aliphatic rings. The van der Waals surface area contributed by atoms with Crippen LogP contribution in [0, 0.1) is 17.3 Å². The van der Waals surface area contributed by atoms with Crippen molar-refractivity contribution in [2.24, 2.45) is 17.3 Å². The van der Waals surface area contributed by atoms with Gasteiger partial charge in [0.15, 0.2) is 0 Å². The molecule has 2 saturated carbocycles. The zero-order valence-electron chi connectivity index (χ0n) is 36.4. The maximum atomic E-state index is 16.6. The molecule has 4 fully saturated rings. The lowest BCUT2D eigenvalue weighted by atomic mass is 9.97. The molecule has 1 spiro atoms. The number of alkyl carbamates (subject to hydrolysis) is 1. The van der Waals surface area contributed by atoms with Crippen LogP contribution in [-0.2, 0) is 34.9 Å². The number of amides is 4. The zero-order valence-corrected chi connectivity index (χ0v) is 37.2. The third-order valence-corrected chi connectivity index (χ3v) is 15.3. The van der Waals surface area contributed by atoms with Crippen LogP contribution >= 0.6 is 0 Å². The molecular formula is C47H50F2N8O7S. The molecule has 6 atom stereocenters. The lowest BCUT2D eigenvalue weighted by Crippen LogP contribution is -2.52. The second kappa shape index (κ2) is 15.5. The van der Waals surface area contributed by atoms with Crippen molar-refractivity contribution in [3.8, 4) is 33.5 Å². The van der Waals surface area contributed by atoms with E-state index in [4.69, 9.17) is 9.72 Å². The van der Waals surface area contributed by atoms with Gasteiger partial charge in [-0.2, -0.15) is 8.78 Å². The van der Waals surface area contributed by atoms with Gasteiger partial charge in [-0.25, -0.2) is 23.2 Å². The molecule has 2 aliphatic heterocycles. The van der Waals surface area contributed by atoms with Crippen LogP contribution in [0.4, 0.5) is 13.6 Å². The number of aromatic amines is 2. The number of fused-ring (bicyclic) bond motifs is 6. The van der Waals surface area contributed by atoms with Gasteiger partial charge in [0.2, 0.25) is 18.2 Å². The van der Waals surface area contributed by atoms with Gasteiger partial charge in [0.1, 0.15) is 33.6 Å². The molecule has 3 aromatic carbocycles. The number of nitrogens with zero attached hydrogens (tertiary/aromatic N) is 4. The van der Waals surface area contributed by atoms with Gasteiger partial charge in [-0.3, -0.25) is 14.4 Å². The number of nitrogens with one attached hydrogen (secondary N) is 4. The van der Waals surface area contributed by atoms with Gasteiger partial charge in [-0.05, 0) is 102 Å². The first-order valence-electron chi connectivity index (χ1n) is 22.0. The summed E-state index contributed by atoms with van der Waals surface area (Å²) in [4.78, 5) is 71.1. The summed E-state index contributed by atoms with van der Waals surface area (Å²) in [6.45, 7) is 4.27. The Hall–Kier alpha value is -6.17. The summed E-state index contributed by atoms with van der Waals surface area (Å²) in [7, 11) is -2.33. The predicted octanol–water partition coefficient (Wildman–Crippen LogP) is 6.39. The quantitative estimate of drug-likeness (QED) is 0.103. The summed E-state index contributed by atoms with van der Waals surface area (Å²) in [6, 6.07) is 12.6. The van der Waals surface area contributed by atoms with E-state index in [0.29, 0.717) is 75.6 Å². The van der Waals surface area contributed by atoms with E-state index in [2.05, 4.69) is 25.6 Å². The maximum absolute atomic E-state index is 16.6. The SMILES string of the molecule is COC(=O)N[C@H](C(=O)N1CC2(CC2)C[C@H]1c1ncc(-c2ccc3c(c2)C(F)(F)c2cc(-c4ccc5nc([C@@H]6[C@H]7CC[C@H](C7)N6C(=O)[C@H](CS(C)(=O)=O)NC=O)[nH]c5c4)ccc2-3)[nH]1)C(C)C. The van der Waals surface area contributed by atoms with Gasteiger partial charge in [-0.1, -0.05) is 44.2 Å². The van der Waals surface area contributed by atoms with Crippen LogP contribution in [0.1, 0.15) is 87.2 Å². The number of carbonyl (C=O) groups excluding carboxylic acids is 4. The molecule has 0 unspecified atom stereocenters. The van der Waals surface area contributed by atoms with E-state index in [-0.39, 0.29) is 46.4 Å². The standard InChI is InChI=1S/C47H50F2N8O7S/c1-24(2)39(55-45(61)64-3)44(60)56-22-46(13-14-46)19-38(56)41-50-20-36(54-41)27-7-11-31-30-10-6-25(16-32(30)47(48,49)33(31)17-27)26-8-12-34-35(18-26)53-42(52-34)40-28-5-9-29(15-28)57(40)43(59)37(51-23-58)21-65(4,62)63/h6-8,10-12,16-18,20,23-24,28-29,37-40H,5,9,13-15,19,21-22H2,1-4H3,(H,50,54)(H,51,58)(H,52,53)(H,55,61)/t28-,29+,37-,38-,39-,40-/m0/s1. The first-order valence-corrected chi connectivity index (χ1v) is 24.1. The van der Waals surface area contributed by atoms with Crippen LogP contribution in [0.5, 0.6) is 0 Å². The fourth-order valence-electron chi connectivity index (χ4n) is 10.9. The molecule has 10 rings (SSSR count). The summed E-state index contributed by atoms with van der Waals surface area (Å²) in [5.41, 5.74) is 4.25. The fourth-order valence-corrected chi connectivity index (χ4v) is 11.8. The van der Waals surface area contributed by atoms with Crippen LogP contribution in [0.3, 0.4) is 0 Å². The number of aromatic nitrogens is 4. The van der Waals surface area contributed by atoms with Gasteiger partial charge in [0.25, 0.3) is 5.92 Å². The monoisotopic (exact) mass is 908 g/mol. The highest BCUT2D eigenvalue weighted by Gasteiger charge is 2.56. The number of methoxy groups -OCH3 is 1. The molecule has 5 aromatic rings. The lowest BCUT2D eigenvalue weighted by Gasteiger charge is -2.36. The Balaban J connectivity index is 0.898. The highest BCUT2D eigenvalue weighted by molar-refractivity contribution is 7.90. The van der Waals surface area contributed by atoms with Crippen LogP contribution in [0.2, 0.25) is 0 Å². The van der Waals surface area contributed by atoms with E-state index in [1.807, 2.05) is 38.1 Å². The summed E-state index contributed by atoms with van der Waals surface area (Å²) < 4.78 is 62.4. The van der Waals surface area contributed by atoms with Gasteiger partial charge < -0.3 is 35.1 Å². The highest BCUT2D eigenvalue weighted by atomic mass is 32.2. The van der Waals surface area contributed by atoms with Crippen LogP contribution in [0.15, 0.2) is 60.8 Å². The number of hydrogen-bond donors (Lipinski definition) is 4. The van der Waals surface area contributed by atoms with Crippen molar-refractivity contribution in [1.82, 2.24) is 40.4 Å². The van der Waals surface area contributed by atoms with Crippen molar-refractivity contribution in [2.45, 2.75) is 88.5 Å².